The first-order valence-corrected chi connectivity index (χ1v) is 6.72. The molecule has 1 heterocycles. The molecule has 0 radical (unpaired) electrons. The molecule has 3 heteroatoms. The number of hydrogen-bond donors (Lipinski definition) is 1. The first-order valence-electron chi connectivity index (χ1n) is 6.35. The molecule has 0 aromatic heterocycles. The van der Waals surface area contributed by atoms with Crippen molar-refractivity contribution in [2.24, 2.45) is 5.92 Å². The van der Waals surface area contributed by atoms with Crippen molar-refractivity contribution in [3.05, 3.63) is 34.9 Å². The van der Waals surface area contributed by atoms with Crippen LogP contribution in [0.25, 0.3) is 0 Å². The van der Waals surface area contributed by atoms with Gasteiger partial charge in [-0.2, -0.15) is 0 Å². The molecule has 0 saturated carbocycles. The Labute approximate surface area is 108 Å². The molecule has 1 aromatic rings. The SMILES string of the molecule is CCC(c1ccc(Cl)cc1)N1CCC(CO)C1. The van der Waals surface area contributed by atoms with E-state index in [1.54, 1.807) is 0 Å². The smallest absolute Gasteiger partial charge is 0.0471 e. The molecule has 0 spiro atoms. The fourth-order valence-electron chi connectivity index (χ4n) is 2.68. The third-order valence-electron chi connectivity index (χ3n) is 3.66. The van der Waals surface area contributed by atoms with E-state index in [-0.39, 0.29) is 0 Å². The summed E-state index contributed by atoms with van der Waals surface area (Å²) in [5, 5.41) is 9.99. The molecule has 2 atom stereocenters. The van der Waals surface area contributed by atoms with E-state index in [1.165, 1.54) is 5.56 Å². The average molecular weight is 254 g/mol. The molecule has 1 fully saturated rings. The highest BCUT2D eigenvalue weighted by Gasteiger charge is 2.27. The van der Waals surface area contributed by atoms with Gasteiger partial charge in [0, 0.05) is 24.2 Å². The first kappa shape index (κ1) is 12.9. The average Bonchev–Trinajstić information content (AvgIpc) is 2.81. The number of halogens is 1. The van der Waals surface area contributed by atoms with Crippen LogP contribution < -0.4 is 0 Å². The van der Waals surface area contributed by atoms with Gasteiger partial charge in [-0.3, -0.25) is 4.90 Å². The van der Waals surface area contributed by atoms with Gasteiger partial charge in [0.1, 0.15) is 0 Å². The number of aliphatic hydroxyl groups excluding tert-OH is 1. The number of benzene rings is 1. The second kappa shape index (κ2) is 5.85. The van der Waals surface area contributed by atoms with E-state index in [1.807, 2.05) is 12.1 Å². The molecule has 2 unspecified atom stereocenters. The Hall–Kier alpha value is -0.570. The molecule has 1 N–H and O–H groups in total. The highest BCUT2D eigenvalue weighted by atomic mass is 35.5. The largest absolute Gasteiger partial charge is 0.396 e. The molecule has 1 aliphatic rings. The third-order valence-corrected chi connectivity index (χ3v) is 3.91. The first-order chi connectivity index (χ1) is 8.24. The second-order valence-corrected chi connectivity index (χ2v) is 5.24. The summed E-state index contributed by atoms with van der Waals surface area (Å²) in [4.78, 5) is 2.48. The molecule has 0 aliphatic carbocycles. The molecular formula is C14H20ClNO. The molecule has 1 aromatic carbocycles. The normalized spacial score (nSPS) is 22.9. The van der Waals surface area contributed by atoms with Gasteiger partial charge in [0.2, 0.25) is 0 Å². The minimum absolute atomic E-state index is 0.313. The van der Waals surface area contributed by atoms with Crippen LogP contribution in [0.2, 0.25) is 5.02 Å². The molecule has 17 heavy (non-hydrogen) atoms. The summed E-state index contributed by atoms with van der Waals surface area (Å²) in [6, 6.07) is 8.60. The van der Waals surface area contributed by atoms with E-state index in [4.69, 9.17) is 11.6 Å². The summed E-state index contributed by atoms with van der Waals surface area (Å²) in [7, 11) is 0. The lowest BCUT2D eigenvalue weighted by Gasteiger charge is -2.27. The number of aliphatic hydroxyl groups is 1. The van der Waals surface area contributed by atoms with E-state index < -0.39 is 0 Å². The van der Waals surface area contributed by atoms with Crippen molar-refractivity contribution in [2.45, 2.75) is 25.8 Å². The summed E-state index contributed by atoms with van der Waals surface area (Å²) < 4.78 is 0. The van der Waals surface area contributed by atoms with E-state index in [9.17, 15) is 5.11 Å². The van der Waals surface area contributed by atoms with E-state index in [0.29, 0.717) is 18.6 Å². The molecule has 0 bridgehead atoms. The Morgan fingerprint density at radius 3 is 2.65 bits per heavy atom. The van der Waals surface area contributed by atoms with Crippen molar-refractivity contribution in [1.29, 1.82) is 0 Å². The van der Waals surface area contributed by atoms with Crippen LogP contribution in [0.15, 0.2) is 24.3 Å². The van der Waals surface area contributed by atoms with Crippen LogP contribution >= 0.6 is 11.6 Å². The van der Waals surface area contributed by atoms with E-state index in [0.717, 1.165) is 31.0 Å². The van der Waals surface area contributed by atoms with Crippen LogP contribution in [0.4, 0.5) is 0 Å². The van der Waals surface area contributed by atoms with E-state index in [2.05, 4.69) is 24.0 Å². The van der Waals surface area contributed by atoms with Gasteiger partial charge in [-0.05, 0) is 43.0 Å². The van der Waals surface area contributed by atoms with Gasteiger partial charge >= 0.3 is 0 Å². The van der Waals surface area contributed by atoms with Gasteiger partial charge in [-0.15, -0.1) is 0 Å². The maximum Gasteiger partial charge on any atom is 0.0471 e. The quantitative estimate of drug-likeness (QED) is 0.891. The Morgan fingerprint density at radius 1 is 1.41 bits per heavy atom. The highest BCUT2D eigenvalue weighted by Crippen LogP contribution is 2.30. The molecule has 94 valence electrons. The summed E-state index contributed by atoms with van der Waals surface area (Å²) in [5.74, 6) is 0.455. The van der Waals surface area contributed by atoms with Crippen molar-refractivity contribution < 1.29 is 5.11 Å². The summed E-state index contributed by atoms with van der Waals surface area (Å²) in [6.07, 6.45) is 2.21. The van der Waals surface area contributed by atoms with Crippen LogP contribution in [0.5, 0.6) is 0 Å². The zero-order valence-electron chi connectivity index (χ0n) is 10.3. The van der Waals surface area contributed by atoms with Gasteiger partial charge in [0.15, 0.2) is 0 Å². The van der Waals surface area contributed by atoms with E-state index >= 15 is 0 Å². The molecule has 2 nitrogen and oxygen atoms in total. The number of hydrogen-bond acceptors (Lipinski definition) is 2. The van der Waals surface area contributed by atoms with Crippen molar-refractivity contribution in [1.82, 2.24) is 4.90 Å². The van der Waals surface area contributed by atoms with Crippen LogP contribution in [0.1, 0.15) is 31.4 Å². The Kier molecular flexibility index (Phi) is 4.43. The van der Waals surface area contributed by atoms with Crippen molar-refractivity contribution >= 4 is 11.6 Å². The zero-order chi connectivity index (χ0) is 12.3. The zero-order valence-corrected chi connectivity index (χ0v) is 11.0. The molecule has 2 rings (SSSR count). The molecule has 0 amide bonds. The number of likely N-dealkylation sites (tertiary alicyclic amines) is 1. The Balaban J connectivity index is 2.08. The summed E-state index contributed by atoms with van der Waals surface area (Å²) in [5.41, 5.74) is 1.33. The minimum Gasteiger partial charge on any atom is -0.396 e. The second-order valence-electron chi connectivity index (χ2n) is 4.81. The van der Waals surface area contributed by atoms with Gasteiger partial charge < -0.3 is 5.11 Å². The lowest BCUT2D eigenvalue weighted by Crippen LogP contribution is -2.26. The molecular weight excluding hydrogens is 234 g/mol. The van der Waals surface area contributed by atoms with Crippen LogP contribution in [-0.2, 0) is 0 Å². The predicted molar refractivity (Wildman–Crippen MR) is 71.2 cm³/mol. The summed E-state index contributed by atoms with van der Waals surface area (Å²) >= 11 is 5.92. The van der Waals surface area contributed by atoms with Crippen molar-refractivity contribution in [2.75, 3.05) is 19.7 Å². The third kappa shape index (κ3) is 3.01. The van der Waals surface area contributed by atoms with Crippen LogP contribution in [0.3, 0.4) is 0 Å². The van der Waals surface area contributed by atoms with Gasteiger partial charge in [0.25, 0.3) is 0 Å². The topological polar surface area (TPSA) is 23.5 Å². The lowest BCUT2D eigenvalue weighted by molar-refractivity contribution is 0.195. The number of rotatable bonds is 4. The van der Waals surface area contributed by atoms with Crippen molar-refractivity contribution in [3.63, 3.8) is 0 Å². The van der Waals surface area contributed by atoms with Crippen LogP contribution in [0, 0.1) is 5.92 Å². The van der Waals surface area contributed by atoms with Gasteiger partial charge in [0.05, 0.1) is 0 Å². The fraction of sp³-hybridized carbons (Fsp3) is 0.571. The predicted octanol–water partition coefficient (Wildman–Crippen LogP) is 3.11. The van der Waals surface area contributed by atoms with Gasteiger partial charge in [-0.1, -0.05) is 30.7 Å². The summed E-state index contributed by atoms with van der Waals surface area (Å²) in [6.45, 7) is 4.63. The standard InChI is InChI=1S/C14H20ClNO/c1-2-14(12-3-5-13(15)6-4-12)16-8-7-11(9-16)10-17/h3-6,11,14,17H,2,7-10H2,1H3. The number of nitrogens with zero attached hydrogens (tertiary/aromatic N) is 1. The Bertz CT molecular complexity index is 352. The minimum atomic E-state index is 0.313. The van der Waals surface area contributed by atoms with Gasteiger partial charge in [-0.25, -0.2) is 0 Å². The molecule has 1 saturated heterocycles. The Morgan fingerprint density at radius 2 is 2.12 bits per heavy atom. The maximum atomic E-state index is 9.20. The maximum absolute atomic E-state index is 9.20. The highest BCUT2D eigenvalue weighted by molar-refractivity contribution is 6.30. The molecule has 1 aliphatic heterocycles. The monoisotopic (exact) mass is 253 g/mol. The lowest BCUT2D eigenvalue weighted by atomic mass is 10.0. The van der Waals surface area contributed by atoms with Crippen LogP contribution in [-0.4, -0.2) is 29.7 Å². The fourth-order valence-corrected chi connectivity index (χ4v) is 2.81. The van der Waals surface area contributed by atoms with Crippen molar-refractivity contribution in [3.8, 4) is 0 Å².